The number of nitro groups is 1. The predicted molar refractivity (Wildman–Crippen MR) is 107 cm³/mol. The highest BCUT2D eigenvalue weighted by Gasteiger charge is 2.15. The summed E-state index contributed by atoms with van der Waals surface area (Å²) >= 11 is 0. The summed E-state index contributed by atoms with van der Waals surface area (Å²) in [4.78, 5) is 24.8. The molecule has 6 heteroatoms. The molecular weight excluding hydrogens is 342 g/mol. The quantitative estimate of drug-likeness (QED) is 0.439. The number of likely N-dealkylation sites (N-methyl/N-ethyl adjacent to an activating group) is 1. The van der Waals surface area contributed by atoms with Gasteiger partial charge in [0.05, 0.1) is 16.5 Å². The summed E-state index contributed by atoms with van der Waals surface area (Å²) in [5, 5.41) is 13.9. The van der Waals surface area contributed by atoms with E-state index >= 15 is 0 Å². The topological polar surface area (TPSA) is 75.5 Å². The Morgan fingerprint density at radius 1 is 1.19 bits per heavy atom. The van der Waals surface area contributed by atoms with Gasteiger partial charge < -0.3 is 10.2 Å². The van der Waals surface area contributed by atoms with Crippen molar-refractivity contribution in [1.82, 2.24) is 10.2 Å². The summed E-state index contributed by atoms with van der Waals surface area (Å²) in [6.07, 6.45) is 3.78. The van der Waals surface area contributed by atoms with Crippen LogP contribution in [0, 0.1) is 10.1 Å². The third kappa shape index (κ3) is 5.76. The fourth-order valence-electron chi connectivity index (χ4n) is 2.79. The van der Waals surface area contributed by atoms with Crippen LogP contribution in [0.15, 0.2) is 54.6 Å². The van der Waals surface area contributed by atoms with Gasteiger partial charge in [-0.1, -0.05) is 43.3 Å². The van der Waals surface area contributed by atoms with Crippen molar-refractivity contribution in [3.8, 4) is 0 Å². The maximum Gasteiger partial charge on any atom is 0.276 e. The molecule has 0 fully saturated rings. The minimum Gasteiger partial charge on any atom is -0.351 e. The lowest BCUT2D eigenvalue weighted by molar-refractivity contribution is -0.385. The Hall–Kier alpha value is -2.99. The maximum atomic E-state index is 12.2. The minimum absolute atomic E-state index is 0.0243. The zero-order valence-electron chi connectivity index (χ0n) is 15.9. The molecule has 0 aliphatic rings. The van der Waals surface area contributed by atoms with E-state index in [0.29, 0.717) is 12.1 Å². The van der Waals surface area contributed by atoms with Crippen LogP contribution in [0.4, 0.5) is 5.69 Å². The van der Waals surface area contributed by atoms with E-state index in [-0.39, 0.29) is 17.6 Å². The van der Waals surface area contributed by atoms with E-state index in [1.807, 2.05) is 19.0 Å². The maximum absolute atomic E-state index is 12.2. The van der Waals surface area contributed by atoms with Gasteiger partial charge in [-0.25, -0.2) is 0 Å². The Balaban J connectivity index is 2.02. The molecule has 0 aliphatic carbocycles. The van der Waals surface area contributed by atoms with E-state index in [0.717, 1.165) is 12.0 Å². The normalized spacial score (nSPS) is 12.3. The smallest absolute Gasteiger partial charge is 0.276 e. The minimum atomic E-state index is -0.459. The predicted octanol–water partition coefficient (Wildman–Crippen LogP) is 3.59. The Morgan fingerprint density at radius 2 is 1.85 bits per heavy atom. The molecule has 0 aliphatic heterocycles. The van der Waals surface area contributed by atoms with Crippen molar-refractivity contribution in [2.45, 2.75) is 19.4 Å². The first-order chi connectivity index (χ1) is 12.9. The summed E-state index contributed by atoms with van der Waals surface area (Å²) in [6, 6.07) is 14.7. The molecule has 0 aromatic heterocycles. The number of nitrogens with one attached hydrogen (secondary N) is 1. The van der Waals surface area contributed by atoms with E-state index in [9.17, 15) is 14.9 Å². The van der Waals surface area contributed by atoms with Gasteiger partial charge in [-0.05, 0) is 43.8 Å². The molecule has 0 saturated heterocycles. The Bertz CT molecular complexity index is 814. The van der Waals surface area contributed by atoms with Gasteiger partial charge in [0.25, 0.3) is 5.69 Å². The first-order valence-corrected chi connectivity index (χ1v) is 8.87. The Labute approximate surface area is 159 Å². The van der Waals surface area contributed by atoms with Crippen molar-refractivity contribution in [3.05, 3.63) is 81.4 Å². The van der Waals surface area contributed by atoms with Gasteiger partial charge in [-0.2, -0.15) is 0 Å². The van der Waals surface area contributed by atoms with Crippen LogP contribution in [-0.2, 0) is 11.2 Å². The molecule has 2 rings (SSSR count). The molecule has 1 N–H and O–H groups in total. The third-order valence-corrected chi connectivity index (χ3v) is 4.41. The van der Waals surface area contributed by atoms with Gasteiger partial charge in [0.2, 0.25) is 5.91 Å². The second-order valence-corrected chi connectivity index (χ2v) is 6.47. The van der Waals surface area contributed by atoms with Gasteiger partial charge >= 0.3 is 0 Å². The van der Waals surface area contributed by atoms with Crippen molar-refractivity contribution >= 4 is 17.7 Å². The molecule has 0 heterocycles. The second kappa shape index (κ2) is 9.64. The van der Waals surface area contributed by atoms with Crippen molar-refractivity contribution in [1.29, 1.82) is 0 Å². The van der Waals surface area contributed by atoms with E-state index in [4.69, 9.17) is 0 Å². The number of rotatable bonds is 8. The molecule has 2 aromatic carbocycles. The number of carbonyl (C=O) groups excluding carboxylic acids is 1. The lowest BCUT2D eigenvalue weighted by atomic mass is 10.0. The average molecular weight is 367 g/mol. The van der Waals surface area contributed by atoms with Crippen LogP contribution in [0.2, 0.25) is 0 Å². The number of carbonyl (C=O) groups is 1. The highest BCUT2D eigenvalue weighted by molar-refractivity contribution is 5.92. The molecule has 27 heavy (non-hydrogen) atoms. The van der Waals surface area contributed by atoms with Crippen LogP contribution >= 0.6 is 0 Å². The number of hydrogen-bond donors (Lipinski definition) is 1. The summed E-state index contributed by atoms with van der Waals surface area (Å²) < 4.78 is 0. The van der Waals surface area contributed by atoms with Gasteiger partial charge in [0.15, 0.2) is 0 Å². The first kappa shape index (κ1) is 20.3. The van der Waals surface area contributed by atoms with Gasteiger partial charge in [0, 0.05) is 18.7 Å². The Morgan fingerprint density at radius 3 is 2.44 bits per heavy atom. The van der Waals surface area contributed by atoms with Crippen molar-refractivity contribution in [2.24, 2.45) is 0 Å². The molecule has 2 aromatic rings. The summed E-state index contributed by atoms with van der Waals surface area (Å²) in [5.74, 6) is -0.287. The first-order valence-electron chi connectivity index (χ1n) is 8.87. The zero-order valence-corrected chi connectivity index (χ0v) is 15.9. The van der Waals surface area contributed by atoms with Crippen molar-refractivity contribution in [2.75, 3.05) is 20.6 Å². The van der Waals surface area contributed by atoms with Crippen molar-refractivity contribution in [3.63, 3.8) is 0 Å². The fraction of sp³-hybridized carbons (Fsp3) is 0.286. The molecule has 1 atom stereocenters. The van der Waals surface area contributed by atoms with Crippen LogP contribution in [0.1, 0.15) is 29.7 Å². The van der Waals surface area contributed by atoms with Gasteiger partial charge in [0.1, 0.15) is 0 Å². The molecule has 1 amide bonds. The number of para-hydroxylation sites is 1. The molecule has 0 spiro atoms. The summed E-state index contributed by atoms with van der Waals surface area (Å²) in [6.45, 7) is 2.56. The molecule has 0 bridgehead atoms. The average Bonchev–Trinajstić information content (AvgIpc) is 2.67. The van der Waals surface area contributed by atoms with E-state index < -0.39 is 4.92 Å². The van der Waals surface area contributed by atoms with E-state index in [1.54, 1.807) is 18.2 Å². The molecule has 0 saturated carbocycles. The van der Waals surface area contributed by atoms with Crippen LogP contribution in [0.5, 0.6) is 0 Å². The van der Waals surface area contributed by atoms with Crippen LogP contribution in [0.25, 0.3) is 6.08 Å². The Kier molecular flexibility index (Phi) is 7.25. The van der Waals surface area contributed by atoms with Gasteiger partial charge in [-0.15, -0.1) is 0 Å². The SMILES string of the molecule is CCc1ccc(C(CNC(=O)/C=C/c2ccccc2[N+](=O)[O-])N(C)C)cc1. The van der Waals surface area contributed by atoms with Crippen LogP contribution in [0.3, 0.4) is 0 Å². The number of nitrogens with zero attached hydrogens (tertiary/aromatic N) is 2. The number of nitro benzene ring substituents is 1. The largest absolute Gasteiger partial charge is 0.351 e. The molecular formula is C21H25N3O3. The van der Waals surface area contributed by atoms with E-state index in [1.165, 1.54) is 23.8 Å². The van der Waals surface area contributed by atoms with E-state index in [2.05, 4.69) is 36.5 Å². The number of aryl methyl sites for hydroxylation is 1. The van der Waals surface area contributed by atoms with Crippen LogP contribution in [-0.4, -0.2) is 36.4 Å². The highest BCUT2D eigenvalue weighted by atomic mass is 16.6. The van der Waals surface area contributed by atoms with Gasteiger partial charge in [-0.3, -0.25) is 14.9 Å². The lowest BCUT2D eigenvalue weighted by Gasteiger charge is -2.25. The highest BCUT2D eigenvalue weighted by Crippen LogP contribution is 2.20. The molecule has 6 nitrogen and oxygen atoms in total. The number of hydrogen-bond acceptors (Lipinski definition) is 4. The molecule has 1 unspecified atom stereocenters. The van der Waals surface area contributed by atoms with Crippen molar-refractivity contribution < 1.29 is 9.72 Å². The zero-order chi connectivity index (χ0) is 19.8. The summed E-state index contributed by atoms with van der Waals surface area (Å²) in [7, 11) is 3.93. The third-order valence-electron chi connectivity index (χ3n) is 4.41. The lowest BCUT2D eigenvalue weighted by Crippen LogP contribution is -2.33. The summed E-state index contributed by atoms with van der Waals surface area (Å²) in [5.41, 5.74) is 2.77. The number of amides is 1. The molecule has 0 radical (unpaired) electrons. The number of benzene rings is 2. The fourth-order valence-corrected chi connectivity index (χ4v) is 2.79. The second-order valence-electron chi connectivity index (χ2n) is 6.47. The standard InChI is InChI=1S/C21H25N3O3/c1-4-16-9-11-18(12-10-16)20(23(2)3)15-22-21(25)14-13-17-7-5-6-8-19(17)24(26)27/h5-14,20H,4,15H2,1-3H3,(H,22,25)/b14-13+. The molecule has 142 valence electrons. The monoisotopic (exact) mass is 367 g/mol. The van der Waals surface area contributed by atoms with Crippen LogP contribution < -0.4 is 5.32 Å².